The van der Waals surface area contributed by atoms with Gasteiger partial charge in [-0.25, -0.2) is 9.79 Å². The van der Waals surface area contributed by atoms with E-state index >= 15 is 0 Å². The first-order valence-electron chi connectivity index (χ1n) is 11.7. The van der Waals surface area contributed by atoms with E-state index in [0.717, 1.165) is 27.8 Å². The number of benzene rings is 4. The van der Waals surface area contributed by atoms with E-state index in [1.54, 1.807) is 6.08 Å². The van der Waals surface area contributed by atoms with Crippen LogP contribution in [0.25, 0.3) is 6.08 Å². The van der Waals surface area contributed by atoms with E-state index in [9.17, 15) is 4.79 Å². The molecule has 0 saturated heterocycles. The molecule has 0 amide bonds. The van der Waals surface area contributed by atoms with Crippen molar-refractivity contribution in [2.24, 2.45) is 4.99 Å². The summed E-state index contributed by atoms with van der Waals surface area (Å²) < 4.78 is 17.7. The number of carbonyl (C=O) groups excluding carboxylic acids is 1. The number of aliphatic imine (C=N–C) groups is 1. The Morgan fingerprint density at radius 1 is 0.750 bits per heavy atom. The Morgan fingerprint density at radius 2 is 1.36 bits per heavy atom. The molecule has 5 heteroatoms. The Bertz CT molecular complexity index is 1430. The lowest BCUT2D eigenvalue weighted by molar-refractivity contribution is -0.129. The molecule has 0 saturated carbocycles. The van der Waals surface area contributed by atoms with E-state index in [4.69, 9.17) is 14.2 Å². The summed E-state index contributed by atoms with van der Waals surface area (Å²) in [5, 5.41) is 0. The van der Waals surface area contributed by atoms with Crippen LogP contribution in [0.2, 0.25) is 0 Å². The van der Waals surface area contributed by atoms with Crippen molar-refractivity contribution in [3.63, 3.8) is 0 Å². The predicted octanol–water partition coefficient (Wildman–Crippen LogP) is 6.50. The number of hydrogen-bond acceptors (Lipinski definition) is 5. The van der Waals surface area contributed by atoms with Crippen LogP contribution >= 0.6 is 0 Å². The lowest BCUT2D eigenvalue weighted by Crippen LogP contribution is -2.06. The van der Waals surface area contributed by atoms with E-state index in [-0.39, 0.29) is 5.70 Å². The average molecular weight is 476 g/mol. The van der Waals surface area contributed by atoms with Gasteiger partial charge in [0.1, 0.15) is 13.2 Å². The summed E-state index contributed by atoms with van der Waals surface area (Å²) in [5.74, 6) is 1.03. The summed E-state index contributed by atoms with van der Waals surface area (Å²) in [7, 11) is 0. The SMILES string of the molecule is Cc1ccccc1C1=NC(=Cc2ccc(OCc3ccccc3)c(OCc3ccccc3)c2)C(=O)O1. The number of rotatable bonds is 8. The summed E-state index contributed by atoms with van der Waals surface area (Å²) in [6.45, 7) is 2.76. The largest absolute Gasteiger partial charge is 0.485 e. The van der Waals surface area contributed by atoms with Crippen LogP contribution in [0, 0.1) is 6.92 Å². The second-order valence-electron chi connectivity index (χ2n) is 8.41. The Morgan fingerprint density at radius 3 is 2.03 bits per heavy atom. The molecular weight excluding hydrogens is 450 g/mol. The predicted molar refractivity (Wildman–Crippen MR) is 140 cm³/mol. The number of esters is 1. The smallest absolute Gasteiger partial charge is 0.363 e. The molecule has 0 bridgehead atoms. The minimum absolute atomic E-state index is 0.236. The van der Waals surface area contributed by atoms with Crippen molar-refractivity contribution in [1.82, 2.24) is 0 Å². The van der Waals surface area contributed by atoms with Crippen molar-refractivity contribution in [1.29, 1.82) is 0 Å². The van der Waals surface area contributed by atoms with Gasteiger partial charge in [-0.3, -0.25) is 0 Å². The molecule has 0 aliphatic carbocycles. The Labute approximate surface area is 210 Å². The fourth-order valence-electron chi connectivity index (χ4n) is 3.81. The van der Waals surface area contributed by atoms with Gasteiger partial charge < -0.3 is 14.2 Å². The standard InChI is InChI=1S/C31H25NO4/c1-22-10-8-9-15-26(22)30-32-27(31(33)36-30)18-25-16-17-28(34-20-23-11-4-2-5-12-23)29(19-25)35-21-24-13-6-3-7-14-24/h2-19H,20-21H2,1H3. The van der Waals surface area contributed by atoms with E-state index in [1.807, 2.05) is 110 Å². The molecule has 0 atom stereocenters. The monoisotopic (exact) mass is 475 g/mol. The topological polar surface area (TPSA) is 57.1 Å². The number of ether oxygens (including phenoxy) is 3. The number of cyclic esters (lactones) is 1. The number of nitrogens with zero attached hydrogens (tertiary/aromatic N) is 1. The van der Waals surface area contributed by atoms with Gasteiger partial charge >= 0.3 is 5.97 Å². The molecule has 36 heavy (non-hydrogen) atoms. The molecule has 178 valence electrons. The van der Waals surface area contributed by atoms with Crippen molar-refractivity contribution in [2.75, 3.05) is 0 Å². The van der Waals surface area contributed by atoms with Gasteiger partial charge in [-0.2, -0.15) is 0 Å². The number of aryl methyl sites for hydroxylation is 1. The van der Waals surface area contributed by atoms with Crippen molar-refractivity contribution < 1.29 is 19.0 Å². The minimum Gasteiger partial charge on any atom is -0.485 e. The third-order valence-corrected chi connectivity index (χ3v) is 5.74. The molecule has 0 aromatic heterocycles. The molecule has 1 aliphatic heterocycles. The zero-order valence-electron chi connectivity index (χ0n) is 19.9. The van der Waals surface area contributed by atoms with Gasteiger partial charge in [0.05, 0.1) is 0 Å². The van der Waals surface area contributed by atoms with Gasteiger partial charge in [-0.1, -0.05) is 84.9 Å². The summed E-state index contributed by atoms with van der Waals surface area (Å²) in [6, 6.07) is 33.1. The zero-order chi connectivity index (χ0) is 24.7. The molecule has 5 rings (SSSR count). The molecule has 0 fully saturated rings. The average Bonchev–Trinajstić information content (AvgIpc) is 3.27. The molecule has 4 aromatic carbocycles. The third kappa shape index (κ3) is 5.53. The van der Waals surface area contributed by atoms with Gasteiger partial charge in [0.2, 0.25) is 5.90 Å². The fraction of sp³-hybridized carbons (Fsp3) is 0.0968. The van der Waals surface area contributed by atoms with Gasteiger partial charge in [0, 0.05) is 5.56 Å². The van der Waals surface area contributed by atoms with Crippen LogP contribution < -0.4 is 9.47 Å². The highest BCUT2D eigenvalue weighted by Crippen LogP contribution is 2.32. The summed E-state index contributed by atoms with van der Waals surface area (Å²) in [5.41, 5.74) is 4.88. The molecule has 1 aliphatic rings. The summed E-state index contributed by atoms with van der Waals surface area (Å²) in [4.78, 5) is 17.0. The Kier molecular flexibility index (Phi) is 6.90. The summed E-state index contributed by atoms with van der Waals surface area (Å²) >= 11 is 0. The fourth-order valence-corrected chi connectivity index (χ4v) is 3.81. The molecule has 1 heterocycles. The van der Waals surface area contributed by atoms with Crippen LogP contribution in [0.1, 0.15) is 27.8 Å². The molecule has 0 N–H and O–H groups in total. The molecule has 0 spiro atoms. The lowest BCUT2D eigenvalue weighted by Gasteiger charge is -2.14. The zero-order valence-corrected chi connectivity index (χ0v) is 19.9. The van der Waals surface area contributed by atoms with Gasteiger partial charge in [0.25, 0.3) is 0 Å². The van der Waals surface area contributed by atoms with Gasteiger partial charge in [-0.05, 0) is 53.5 Å². The second kappa shape index (κ2) is 10.7. The van der Waals surface area contributed by atoms with E-state index < -0.39 is 5.97 Å². The quantitative estimate of drug-likeness (QED) is 0.216. The van der Waals surface area contributed by atoms with Gasteiger partial charge in [0.15, 0.2) is 17.2 Å². The van der Waals surface area contributed by atoms with Crippen molar-refractivity contribution >= 4 is 17.9 Å². The normalized spacial score (nSPS) is 13.9. The summed E-state index contributed by atoms with van der Waals surface area (Å²) in [6.07, 6.45) is 1.70. The first-order valence-corrected chi connectivity index (χ1v) is 11.7. The van der Waals surface area contributed by atoms with Crippen LogP contribution in [-0.2, 0) is 22.7 Å². The maximum atomic E-state index is 12.5. The highest BCUT2D eigenvalue weighted by atomic mass is 16.6. The molecule has 0 unspecified atom stereocenters. The first kappa shape index (κ1) is 23.1. The van der Waals surface area contributed by atoms with Crippen molar-refractivity contribution in [3.05, 3.63) is 137 Å². The molecule has 5 nitrogen and oxygen atoms in total. The molecule has 0 radical (unpaired) electrons. The van der Waals surface area contributed by atoms with Crippen LogP contribution in [0.15, 0.2) is 114 Å². The molecular formula is C31H25NO4. The maximum Gasteiger partial charge on any atom is 0.363 e. The highest BCUT2D eigenvalue weighted by Gasteiger charge is 2.25. The Hall–Kier alpha value is -4.64. The van der Waals surface area contributed by atoms with Crippen LogP contribution in [0.3, 0.4) is 0 Å². The lowest BCUT2D eigenvalue weighted by atomic mass is 10.1. The Balaban J connectivity index is 1.41. The second-order valence-corrected chi connectivity index (χ2v) is 8.41. The third-order valence-electron chi connectivity index (χ3n) is 5.74. The molecule has 4 aromatic rings. The van der Waals surface area contributed by atoms with Crippen molar-refractivity contribution in [2.45, 2.75) is 20.1 Å². The van der Waals surface area contributed by atoms with Crippen LogP contribution in [0.4, 0.5) is 0 Å². The maximum absolute atomic E-state index is 12.5. The number of hydrogen-bond donors (Lipinski definition) is 0. The van der Waals surface area contributed by atoms with E-state index in [1.165, 1.54) is 0 Å². The first-order chi connectivity index (χ1) is 17.7. The number of carbonyl (C=O) groups is 1. The van der Waals surface area contributed by atoms with E-state index in [2.05, 4.69) is 4.99 Å². The highest BCUT2D eigenvalue weighted by molar-refractivity contribution is 6.13. The minimum atomic E-state index is -0.482. The van der Waals surface area contributed by atoms with Crippen LogP contribution in [-0.4, -0.2) is 11.9 Å². The van der Waals surface area contributed by atoms with Gasteiger partial charge in [-0.15, -0.1) is 0 Å². The van der Waals surface area contributed by atoms with Crippen LogP contribution in [0.5, 0.6) is 11.5 Å². The van der Waals surface area contributed by atoms with E-state index in [0.29, 0.717) is 30.6 Å². The van der Waals surface area contributed by atoms with Crippen molar-refractivity contribution in [3.8, 4) is 11.5 Å².